The average Bonchev–Trinajstić information content (AvgIpc) is 3.16. The first kappa shape index (κ1) is 15.6. The van der Waals surface area contributed by atoms with Crippen LogP contribution < -0.4 is 14.8 Å². The van der Waals surface area contributed by atoms with E-state index in [9.17, 15) is 9.59 Å². The van der Waals surface area contributed by atoms with E-state index in [0.29, 0.717) is 25.3 Å². The number of carbonyl (C=O) groups is 2. The van der Waals surface area contributed by atoms with E-state index in [1.165, 1.54) is 0 Å². The lowest BCUT2D eigenvalue weighted by molar-refractivity contribution is -0.129. The molecular formula is C17H22N2O4. The van der Waals surface area contributed by atoms with Crippen LogP contribution in [0.25, 0.3) is 0 Å². The molecule has 2 aliphatic rings. The highest BCUT2D eigenvalue weighted by Crippen LogP contribution is 2.32. The van der Waals surface area contributed by atoms with Gasteiger partial charge < -0.3 is 19.7 Å². The van der Waals surface area contributed by atoms with Crippen LogP contribution in [-0.4, -0.2) is 36.6 Å². The highest BCUT2D eigenvalue weighted by Gasteiger charge is 2.33. The SMILES string of the molecule is CCCCN1CC(C(=O)NCc2ccc3c(c2)OCO3)CC1=O. The van der Waals surface area contributed by atoms with Crippen molar-refractivity contribution in [2.75, 3.05) is 19.9 Å². The minimum Gasteiger partial charge on any atom is -0.454 e. The first-order valence-electron chi connectivity index (χ1n) is 8.11. The van der Waals surface area contributed by atoms with Gasteiger partial charge in [-0.2, -0.15) is 0 Å². The largest absolute Gasteiger partial charge is 0.454 e. The van der Waals surface area contributed by atoms with Crippen LogP contribution in [0.3, 0.4) is 0 Å². The van der Waals surface area contributed by atoms with Crippen molar-refractivity contribution in [3.8, 4) is 11.5 Å². The highest BCUT2D eigenvalue weighted by atomic mass is 16.7. The summed E-state index contributed by atoms with van der Waals surface area (Å²) in [6.45, 7) is 4.04. The van der Waals surface area contributed by atoms with E-state index in [1.54, 1.807) is 4.90 Å². The first-order valence-corrected chi connectivity index (χ1v) is 8.11. The van der Waals surface area contributed by atoms with Crippen molar-refractivity contribution >= 4 is 11.8 Å². The Bertz CT molecular complexity index is 602. The smallest absolute Gasteiger partial charge is 0.231 e. The number of nitrogens with one attached hydrogen (secondary N) is 1. The van der Waals surface area contributed by atoms with E-state index in [-0.39, 0.29) is 24.5 Å². The van der Waals surface area contributed by atoms with Crippen LogP contribution in [0.5, 0.6) is 11.5 Å². The van der Waals surface area contributed by atoms with Crippen LogP contribution in [0.1, 0.15) is 31.7 Å². The maximum absolute atomic E-state index is 12.3. The number of nitrogens with zero attached hydrogens (tertiary/aromatic N) is 1. The molecule has 1 fully saturated rings. The third-order valence-corrected chi connectivity index (χ3v) is 4.27. The van der Waals surface area contributed by atoms with Crippen LogP contribution in [0.4, 0.5) is 0 Å². The Balaban J connectivity index is 1.51. The van der Waals surface area contributed by atoms with E-state index in [0.717, 1.165) is 30.7 Å². The second-order valence-electron chi connectivity index (χ2n) is 6.00. The molecule has 2 heterocycles. The fourth-order valence-electron chi connectivity index (χ4n) is 2.90. The first-order chi connectivity index (χ1) is 11.2. The monoisotopic (exact) mass is 318 g/mol. The Morgan fingerprint density at radius 1 is 1.35 bits per heavy atom. The minimum atomic E-state index is -0.242. The summed E-state index contributed by atoms with van der Waals surface area (Å²) in [6.07, 6.45) is 2.35. The molecule has 2 amide bonds. The molecule has 1 N–H and O–H groups in total. The number of fused-ring (bicyclic) bond motifs is 1. The molecular weight excluding hydrogens is 296 g/mol. The Labute approximate surface area is 135 Å². The molecule has 1 saturated heterocycles. The second kappa shape index (κ2) is 6.89. The molecule has 0 radical (unpaired) electrons. The number of hydrogen-bond acceptors (Lipinski definition) is 4. The van der Waals surface area contributed by atoms with Crippen LogP contribution in [0.2, 0.25) is 0 Å². The van der Waals surface area contributed by atoms with Crippen molar-refractivity contribution in [1.29, 1.82) is 0 Å². The summed E-state index contributed by atoms with van der Waals surface area (Å²) in [7, 11) is 0. The summed E-state index contributed by atoms with van der Waals surface area (Å²) < 4.78 is 10.6. The molecule has 0 spiro atoms. The molecule has 1 atom stereocenters. The number of rotatable bonds is 6. The Morgan fingerprint density at radius 2 is 2.17 bits per heavy atom. The van der Waals surface area contributed by atoms with Crippen molar-refractivity contribution < 1.29 is 19.1 Å². The number of unbranched alkanes of at least 4 members (excludes halogenated alkanes) is 1. The van der Waals surface area contributed by atoms with E-state index < -0.39 is 0 Å². The lowest BCUT2D eigenvalue weighted by Crippen LogP contribution is -2.32. The molecule has 6 nitrogen and oxygen atoms in total. The van der Waals surface area contributed by atoms with Gasteiger partial charge in [0.15, 0.2) is 11.5 Å². The van der Waals surface area contributed by atoms with Crippen LogP contribution in [-0.2, 0) is 16.1 Å². The maximum atomic E-state index is 12.3. The van der Waals surface area contributed by atoms with Gasteiger partial charge in [0.05, 0.1) is 5.92 Å². The zero-order valence-corrected chi connectivity index (χ0v) is 13.3. The summed E-state index contributed by atoms with van der Waals surface area (Å²) in [5.41, 5.74) is 0.953. The number of amides is 2. The predicted octanol–water partition coefficient (Wildman–Crippen LogP) is 1.68. The second-order valence-corrected chi connectivity index (χ2v) is 6.00. The van der Waals surface area contributed by atoms with Gasteiger partial charge in [-0.05, 0) is 24.1 Å². The van der Waals surface area contributed by atoms with Crippen molar-refractivity contribution in [3.05, 3.63) is 23.8 Å². The van der Waals surface area contributed by atoms with E-state index >= 15 is 0 Å². The Morgan fingerprint density at radius 3 is 3.00 bits per heavy atom. The lowest BCUT2D eigenvalue weighted by Gasteiger charge is -2.16. The summed E-state index contributed by atoms with van der Waals surface area (Å²) in [6, 6.07) is 5.62. The third kappa shape index (κ3) is 3.57. The topological polar surface area (TPSA) is 67.9 Å². The molecule has 1 aromatic carbocycles. The molecule has 0 aromatic heterocycles. The zero-order valence-electron chi connectivity index (χ0n) is 13.3. The summed E-state index contributed by atoms with van der Waals surface area (Å²) in [5, 5.41) is 2.92. The standard InChI is InChI=1S/C17H22N2O4/c1-2-3-6-19-10-13(8-16(19)20)17(21)18-9-12-4-5-14-15(7-12)23-11-22-14/h4-5,7,13H,2-3,6,8-11H2,1H3,(H,18,21). The molecule has 2 aliphatic heterocycles. The molecule has 23 heavy (non-hydrogen) atoms. The van der Waals surface area contributed by atoms with Crippen molar-refractivity contribution in [2.45, 2.75) is 32.7 Å². The fraction of sp³-hybridized carbons (Fsp3) is 0.529. The Kier molecular flexibility index (Phi) is 4.69. The van der Waals surface area contributed by atoms with Gasteiger partial charge in [0, 0.05) is 26.1 Å². The van der Waals surface area contributed by atoms with E-state index in [2.05, 4.69) is 12.2 Å². The van der Waals surface area contributed by atoms with Gasteiger partial charge in [0.25, 0.3) is 0 Å². The van der Waals surface area contributed by atoms with E-state index in [1.807, 2.05) is 18.2 Å². The number of ether oxygens (including phenoxy) is 2. The van der Waals surface area contributed by atoms with Gasteiger partial charge >= 0.3 is 0 Å². The third-order valence-electron chi connectivity index (χ3n) is 4.27. The van der Waals surface area contributed by atoms with Gasteiger partial charge in [-0.15, -0.1) is 0 Å². The van der Waals surface area contributed by atoms with Gasteiger partial charge in [0.1, 0.15) is 0 Å². The van der Waals surface area contributed by atoms with Crippen molar-refractivity contribution in [1.82, 2.24) is 10.2 Å². The summed E-state index contributed by atoms with van der Waals surface area (Å²) in [5.74, 6) is 1.22. The van der Waals surface area contributed by atoms with Gasteiger partial charge in [0.2, 0.25) is 18.6 Å². The van der Waals surface area contributed by atoms with Gasteiger partial charge in [-0.1, -0.05) is 19.4 Å². The molecule has 1 aromatic rings. The summed E-state index contributed by atoms with van der Waals surface area (Å²) in [4.78, 5) is 26.0. The number of carbonyl (C=O) groups excluding carboxylic acids is 2. The van der Waals surface area contributed by atoms with Gasteiger partial charge in [-0.25, -0.2) is 0 Å². The minimum absolute atomic E-state index is 0.0602. The molecule has 3 rings (SSSR count). The molecule has 0 aliphatic carbocycles. The average molecular weight is 318 g/mol. The molecule has 124 valence electrons. The number of benzene rings is 1. The molecule has 0 bridgehead atoms. The summed E-state index contributed by atoms with van der Waals surface area (Å²) >= 11 is 0. The van der Waals surface area contributed by atoms with Crippen LogP contribution in [0, 0.1) is 5.92 Å². The van der Waals surface area contributed by atoms with Crippen LogP contribution >= 0.6 is 0 Å². The quantitative estimate of drug-likeness (QED) is 0.866. The number of hydrogen-bond donors (Lipinski definition) is 1. The predicted molar refractivity (Wildman–Crippen MR) is 84.0 cm³/mol. The van der Waals surface area contributed by atoms with Crippen molar-refractivity contribution in [2.24, 2.45) is 5.92 Å². The molecule has 6 heteroatoms. The highest BCUT2D eigenvalue weighted by molar-refractivity contribution is 5.89. The fourth-order valence-corrected chi connectivity index (χ4v) is 2.90. The molecule has 0 saturated carbocycles. The number of likely N-dealkylation sites (tertiary alicyclic amines) is 1. The van der Waals surface area contributed by atoms with Gasteiger partial charge in [-0.3, -0.25) is 9.59 Å². The zero-order chi connectivity index (χ0) is 16.2. The molecule has 1 unspecified atom stereocenters. The van der Waals surface area contributed by atoms with Crippen LogP contribution in [0.15, 0.2) is 18.2 Å². The lowest BCUT2D eigenvalue weighted by atomic mass is 10.1. The van der Waals surface area contributed by atoms with Crippen molar-refractivity contribution in [3.63, 3.8) is 0 Å². The maximum Gasteiger partial charge on any atom is 0.231 e. The van der Waals surface area contributed by atoms with E-state index in [4.69, 9.17) is 9.47 Å². The normalized spacial score (nSPS) is 19.3. The Hall–Kier alpha value is -2.24.